The van der Waals surface area contributed by atoms with E-state index in [0.29, 0.717) is 11.6 Å². The zero-order chi connectivity index (χ0) is 14.8. The van der Waals surface area contributed by atoms with Crippen molar-refractivity contribution < 1.29 is 0 Å². The number of anilines is 2. The second-order valence-corrected chi connectivity index (χ2v) is 5.78. The van der Waals surface area contributed by atoms with E-state index in [1.54, 1.807) is 6.07 Å². The Hall–Kier alpha value is -2.41. The predicted molar refractivity (Wildman–Crippen MR) is 79.9 cm³/mol. The number of nitrogens with zero attached hydrogens (tertiary/aromatic N) is 3. The van der Waals surface area contributed by atoms with Crippen molar-refractivity contribution in [2.75, 3.05) is 5.32 Å². The number of benzene rings is 1. The Morgan fingerprint density at radius 3 is 2.30 bits per heavy atom. The Bertz CT molecular complexity index is 646. The van der Waals surface area contributed by atoms with Crippen LogP contribution in [0, 0.1) is 18.3 Å². The van der Waals surface area contributed by atoms with Gasteiger partial charge < -0.3 is 5.32 Å². The summed E-state index contributed by atoms with van der Waals surface area (Å²) in [6.07, 6.45) is 0. The van der Waals surface area contributed by atoms with Crippen molar-refractivity contribution >= 4 is 11.6 Å². The van der Waals surface area contributed by atoms with Gasteiger partial charge >= 0.3 is 0 Å². The highest BCUT2D eigenvalue weighted by molar-refractivity contribution is 5.54. The smallest absolute Gasteiger partial charge is 0.228 e. The average molecular weight is 266 g/mol. The van der Waals surface area contributed by atoms with Gasteiger partial charge in [-0.25, -0.2) is 9.97 Å². The molecule has 20 heavy (non-hydrogen) atoms. The molecule has 0 aliphatic heterocycles. The molecule has 102 valence electrons. The number of hydrogen-bond donors (Lipinski definition) is 1. The molecular weight excluding hydrogens is 248 g/mol. The molecule has 2 rings (SSSR count). The van der Waals surface area contributed by atoms with Crippen LogP contribution in [0.2, 0.25) is 0 Å². The zero-order valence-electron chi connectivity index (χ0n) is 12.2. The van der Waals surface area contributed by atoms with Gasteiger partial charge in [-0.05, 0) is 36.1 Å². The molecule has 0 aliphatic carbocycles. The summed E-state index contributed by atoms with van der Waals surface area (Å²) in [4.78, 5) is 8.41. The molecule has 0 saturated carbocycles. The molecule has 0 spiro atoms. The van der Waals surface area contributed by atoms with E-state index >= 15 is 0 Å². The van der Waals surface area contributed by atoms with Gasteiger partial charge in [0.05, 0.1) is 0 Å². The first-order chi connectivity index (χ1) is 9.38. The second kappa shape index (κ2) is 5.30. The molecule has 1 aromatic heterocycles. The predicted octanol–water partition coefficient (Wildman–Crippen LogP) is 3.70. The lowest BCUT2D eigenvalue weighted by molar-refractivity contribution is 0.590. The first-order valence-corrected chi connectivity index (χ1v) is 6.52. The van der Waals surface area contributed by atoms with Crippen LogP contribution in [0.25, 0.3) is 0 Å². The highest BCUT2D eigenvalue weighted by atomic mass is 15.1. The fourth-order valence-corrected chi connectivity index (χ4v) is 1.86. The quantitative estimate of drug-likeness (QED) is 0.900. The van der Waals surface area contributed by atoms with Crippen LogP contribution in [-0.4, -0.2) is 9.97 Å². The largest absolute Gasteiger partial charge is 0.324 e. The molecule has 0 atom stereocenters. The molecule has 1 N–H and O–H groups in total. The van der Waals surface area contributed by atoms with E-state index in [1.165, 1.54) is 5.56 Å². The second-order valence-electron chi connectivity index (χ2n) is 5.78. The minimum Gasteiger partial charge on any atom is -0.324 e. The van der Waals surface area contributed by atoms with Gasteiger partial charge in [0.1, 0.15) is 11.8 Å². The van der Waals surface area contributed by atoms with E-state index in [4.69, 9.17) is 5.26 Å². The number of rotatable bonds is 2. The summed E-state index contributed by atoms with van der Waals surface area (Å²) in [6.45, 7) is 8.38. The van der Waals surface area contributed by atoms with Gasteiger partial charge in [-0.1, -0.05) is 32.9 Å². The Balaban J connectivity index is 2.23. The van der Waals surface area contributed by atoms with Crippen molar-refractivity contribution in [1.29, 1.82) is 5.26 Å². The van der Waals surface area contributed by atoms with Crippen LogP contribution < -0.4 is 5.32 Å². The molecule has 4 nitrogen and oxygen atoms in total. The molecule has 0 fully saturated rings. The van der Waals surface area contributed by atoms with Crippen molar-refractivity contribution in [2.45, 2.75) is 33.1 Å². The van der Waals surface area contributed by atoms with Gasteiger partial charge in [0.25, 0.3) is 0 Å². The van der Waals surface area contributed by atoms with Gasteiger partial charge in [-0.15, -0.1) is 0 Å². The average Bonchev–Trinajstić information content (AvgIpc) is 2.37. The van der Waals surface area contributed by atoms with Crippen LogP contribution in [-0.2, 0) is 5.41 Å². The van der Waals surface area contributed by atoms with Crippen molar-refractivity contribution in [3.8, 4) is 6.07 Å². The van der Waals surface area contributed by atoms with E-state index in [-0.39, 0.29) is 5.41 Å². The summed E-state index contributed by atoms with van der Waals surface area (Å²) < 4.78 is 0. The number of hydrogen-bond acceptors (Lipinski definition) is 4. The first kappa shape index (κ1) is 14.0. The van der Waals surface area contributed by atoms with E-state index in [0.717, 1.165) is 11.4 Å². The fraction of sp³-hybridized carbons (Fsp3) is 0.312. The Labute approximate surface area is 119 Å². The third-order valence-electron chi connectivity index (χ3n) is 2.98. The number of aromatic nitrogens is 2. The summed E-state index contributed by atoms with van der Waals surface area (Å²) in [5.74, 6) is 0.449. The van der Waals surface area contributed by atoms with Gasteiger partial charge in [0, 0.05) is 11.4 Å². The Kier molecular flexibility index (Phi) is 3.71. The monoisotopic (exact) mass is 266 g/mol. The molecule has 1 aromatic carbocycles. The maximum Gasteiger partial charge on any atom is 0.228 e. The van der Waals surface area contributed by atoms with Crippen LogP contribution in [0.5, 0.6) is 0 Å². The van der Waals surface area contributed by atoms with Crippen LogP contribution in [0.4, 0.5) is 11.6 Å². The lowest BCUT2D eigenvalue weighted by Gasteiger charge is -2.19. The van der Waals surface area contributed by atoms with Crippen LogP contribution >= 0.6 is 0 Å². The SMILES string of the molecule is Cc1cc(C#N)nc(Nc2ccc(C(C)(C)C)cc2)n1. The molecule has 0 unspecified atom stereocenters. The van der Waals surface area contributed by atoms with E-state index < -0.39 is 0 Å². The first-order valence-electron chi connectivity index (χ1n) is 6.52. The molecule has 0 aliphatic rings. The Morgan fingerprint density at radius 2 is 1.75 bits per heavy atom. The van der Waals surface area contributed by atoms with Crippen molar-refractivity contribution in [3.63, 3.8) is 0 Å². The number of aryl methyl sites for hydroxylation is 1. The lowest BCUT2D eigenvalue weighted by Crippen LogP contribution is -2.10. The third-order valence-corrected chi connectivity index (χ3v) is 2.98. The molecule has 2 aromatic rings. The van der Waals surface area contributed by atoms with Gasteiger partial charge in [-0.3, -0.25) is 0 Å². The molecule has 4 heteroatoms. The van der Waals surface area contributed by atoms with Gasteiger partial charge in [-0.2, -0.15) is 5.26 Å². The minimum absolute atomic E-state index is 0.131. The summed E-state index contributed by atoms with van der Waals surface area (Å²) in [6, 6.07) is 11.9. The van der Waals surface area contributed by atoms with E-state index in [9.17, 15) is 0 Å². The minimum atomic E-state index is 0.131. The molecule has 1 heterocycles. The standard InChI is InChI=1S/C16H18N4/c1-11-9-14(10-17)20-15(18-11)19-13-7-5-12(6-8-13)16(2,3)4/h5-9H,1-4H3,(H,18,19,20). The highest BCUT2D eigenvalue weighted by Crippen LogP contribution is 2.24. The Morgan fingerprint density at radius 1 is 1.10 bits per heavy atom. The maximum atomic E-state index is 8.91. The molecular formula is C16H18N4. The zero-order valence-corrected chi connectivity index (χ0v) is 12.2. The summed E-state index contributed by atoms with van der Waals surface area (Å²) >= 11 is 0. The molecule has 0 radical (unpaired) electrons. The van der Waals surface area contributed by atoms with Gasteiger partial charge in [0.15, 0.2) is 0 Å². The van der Waals surface area contributed by atoms with Crippen LogP contribution in [0.3, 0.4) is 0 Å². The number of nitriles is 1. The number of nitrogens with one attached hydrogen (secondary N) is 1. The summed E-state index contributed by atoms with van der Waals surface area (Å²) in [7, 11) is 0. The summed E-state index contributed by atoms with van der Waals surface area (Å²) in [5, 5.41) is 12.0. The van der Waals surface area contributed by atoms with Crippen LogP contribution in [0.15, 0.2) is 30.3 Å². The van der Waals surface area contributed by atoms with Crippen LogP contribution in [0.1, 0.15) is 37.7 Å². The fourth-order valence-electron chi connectivity index (χ4n) is 1.86. The van der Waals surface area contributed by atoms with Crippen molar-refractivity contribution in [2.24, 2.45) is 0 Å². The van der Waals surface area contributed by atoms with Crippen molar-refractivity contribution in [3.05, 3.63) is 47.3 Å². The maximum absolute atomic E-state index is 8.91. The van der Waals surface area contributed by atoms with Crippen molar-refractivity contribution in [1.82, 2.24) is 9.97 Å². The topological polar surface area (TPSA) is 61.6 Å². The molecule has 0 saturated heterocycles. The van der Waals surface area contributed by atoms with E-state index in [2.05, 4.69) is 48.2 Å². The summed E-state index contributed by atoms with van der Waals surface area (Å²) in [5.41, 5.74) is 3.45. The normalized spacial score (nSPS) is 10.9. The molecule has 0 bridgehead atoms. The highest BCUT2D eigenvalue weighted by Gasteiger charge is 2.13. The van der Waals surface area contributed by atoms with Gasteiger partial charge in [0.2, 0.25) is 5.95 Å². The molecule has 0 amide bonds. The van der Waals surface area contributed by atoms with E-state index in [1.807, 2.05) is 25.1 Å². The lowest BCUT2D eigenvalue weighted by atomic mass is 9.87. The third kappa shape index (κ3) is 3.33.